The van der Waals surface area contributed by atoms with Crippen LogP contribution in [0, 0.1) is 6.92 Å². The lowest BCUT2D eigenvalue weighted by Crippen LogP contribution is -2.11. The van der Waals surface area contributed by atoms with Gasteiger partial charge in [0.1, 0.15) is 4.21 Å². The first-order valence-electron chi connectivity index (χ1n) is 5.49. The van der Waals surface area contributed by atoms with Crippen molar-refractivity contribution in [2.45, 2.75) is 17.7 Å². The summed E-state index contributed by atoms with van der Waals surface area (Å²) in [5.41, 5.74) is 7.00. The van der Waals surface area contributed by atoms with E-state index in [0.29, 0.717) is 12.2 Å². The monoisotopic (exact) mass is 360 g/mol. The normalized spacial score (nSPS) is 11.5. The third-order valence-corrected chi connectivity index (χ3v) is 5.84. The summed E-state index contributed by atoms with van der Waals surface area (Å²) in [6, 6.07) is 8.71. The standard InChI is InChI=1S/C12H13BrN2O2S2/c1-8-4-9(13)6-10(5-8)15-19(16,17)12-3-2-11(7-14)18-12/h2-6,15H,7,14H2,1H3. The van der Waals surface area contributed by atoms with Gasteiger partial charge in [0.2, 0.25) is 0 Å². The van der Waals surface area contributed by atoms with Crippen LogP contribution in [0.2, 0.25) is 0 Å². The van der Waals surface area contributed by atoms with Gasteiger partial charge in [-0.1, -0.05) is 15.9 Å². The minimum absolute atomic E-state index is 0.269. The highest BCUT2D eigenvalue weighted by Crippen LogP contribution is 2.25. The predicted molar refractivity (Wildman–Crippen MR) is 81.9 cm³/mol. The second-order valence-electron chi connectivity index (χ2n) is 4.05. The zero-order valence-corrected chi connectivity index (χ0v) is 13.4. The number of nitrogens with two attached hydrogens (primary N) is 1. The molecular weight excluding hydrogens is 348 g/mol. The summed E-state index contributed by atoms with van der Waals surface area (Å²) >= 11 is 4.52. The van der Waals surface area contributed by atoms with Crippen molar-refractivity contribution < 1.29 is 8.42 Å². The molecule has 0 bridgehead atoms. The number of thiophene rings is 1. The van der Waals surface area contributed by atoms with Crippen LogP contribution in [0.1, 0.15) is 10.4 Å². The van der Waals surface area contributed by atoms with Crippen LogP contribution in [0.15, 0.2) is 39.0 Å². The fourth-order valence-corrected chi connectivity index (χ4v) is 4.50. The van der Waals surface area contributed by atoms with E-state index in [4.69, 9.17) is 5.73 Å². The molecule has 1 aromatic heterocycles. The maximum absolute atomic E-state index is 12.2. The van der Waals surface area contributed by atoms with Gasteiger partial charge in [-0.25, -0.2) is 8.42 Å². The van der Waals surface area contributed by atoms with Gasteiger partial charge in [-0.15, -0.1) is 11.3 Å². The Balaban J connectivity index is 2.30. The predicted octanol–water partition coefficient (Wildman–Crippen LogP) is 3.08. The van der Waals surface area contributed by atoms with E-state index in [0.717, 1.165) is 14.9 Å². The molecule has 0 aliphatic heterocycles. The van der Waals surface area contributed by atoms with Gasteiger partial charge in [-0.3, -0.25) is 4.72 Å². The highest BCUT2D eigenvalue weighted by molar-refractivity contribution is 9.10. The topological polar surface area (TPSA) is 72.2 Å². The molecule has 0 aliphatic carbocycles. The summed E-state index contributed by atoms with van der Waals surface area (Å²) in [6.07, 6.45) is 0. The first-order valence-corrected chi connectivity index (χ1v) is 8.59. The molecule has 0 amide bonds. The summed E-state index contributed by atoms with van der Waals surface area (Å²) in [5.74, 6) is 0. The Morgan fingerprint density at radius 3 is 2.63 bits per heavy atom. The van der Waals surface area contributed by atoms with Gasteiger partial charge in [-0.05, 0) is 42.8 Å². The minimum atomic E-state index is -3.54. The van der Waals surface area contributed by atoms with Crippen LogP contribution in [0.25, 0.3) is 0 Å². The van der Waals surface area contributed by atoms with E-state index in [1.54, 1.807) is 24.3 Å². The van der Waals surface area contributed by atoms with Crippen molar-refractivity contribution in [3.63, 3.8) is 0 Å². The summed E-state index contributed by atoms with van der Waals surface area (Å²) in [5, 5.41) is 0. The van der Waals surface area contributed by atoms with E-state index in [-0.39, 0.29) is 4.21 Å². The lowest BCUT2D eigenvalue weighted by atomic mass is 10.2. The maximum atomic E-state index is 12.2. The van der Waals surface area contributed by atoms with Crippen LogP contribution >= 0.6 is 27.3 Å². The fraction of sp³-hybridized carbons (Fsp3) is 0.167. The zero-order chi connectivity index (χ0) is 14.0. The van der Waals surface area contributed by atoms with Gasteiger partial charge in [0.15, 0.2) is 0 Å². The lowest BCUT2D eigenvalue weighted by molar-refractivity contribution is 0.603. The number of halogens is 1. The van der Waals surface area contributed by atoms with Crippen LogP contribution in [0.3, 0.4) is 0 Å². The minimum Gasteiger partial charge on any atom is -0.326 e. The van der Waals surface area contributed by atoms with E-state index < -0.39 is 10.0 Å². The summed E-state index contributed by atoms with van der Waals surface area (Å²) in [4.78, 5) is 0.839. The van der Waals surface area contributed by atoms with E-state index in [1.807, 2.05) is 13.0 Å². The SMILES string of the molecule is Cc1cc(Br)cc(NS(=O)(=O)c2ccc(CN)s2)c1. The van der Waals surface area contributed by atoms with Crippen molar-refractivity contribution in [1.82, 2.24) is 0 Å². The largest absolute Gasteiger partial charge is 0.326 e. The number of anilines is 1. The number of nitrogens with one attached hydrogen (secondary N) is 1. The lowest BCUT2D eigenvalue weighted by Gasteiger charge is -2.07. The molecule has 0 aliphatic rings. The second kappa shape index (κ2) is 5.62. The van der Waals surface area contributed by atoms with Crippen molar-refractivity contribution >= 4 is 43.0 Å². The second-order valence-corrected chi connectivity index (χ2v) is 8.04. The quantitative estimate of drug-likeness (QED) is 0.879. The molecule has 0 saturated heterocycles. The molecule has 0 unspecified atom stereocenters. The Hall–Kier alpha value is -0.890. The molecule has 0 saturated carbocycles. The highest BCUT2D eigenvalue weighted by atomic mass is 79.9. The molecule has 2 aromatic rings. The van der Waals surface area contributed by atoms with Crippen molar-refractivity contribution in [2.75, 3.05) is 4.72 Å². The molecule has 0 fully saturated rings. The number of hydrogen-bond donors (Lipinski definition) is 2. The third-order valence-electron chi connectivity index (χ3n) is 2.40. The molecule has 4 nitrogen and oxygen atoms in total. The molecule has 3 N–H and O–H groups in total. The molecule has 0 radical (unpaired) electrons. The Morgan fingerprint density at radius 2 is 2.05 bits per heavy atom. The van der Waals surface area contributed by atoms with E-state index in [1.165, 1.54) is 11.3 Å². The first kappa shape index (κ1) is 14.5. The Morgan fingerprint density at radius 1 is 1.32 bits per heavy atom. The van der Waals surface area contributed by atoms with Crippen molar-refractivity contribution in [2.24, 2.45) is 5.73 Å². The smallest absolute Gasteiger partial charge is 0.271 e. The molecule has 1 heterocycles. The highest BCUT2D eigenvalue weighted by Gasteiger charge is 2.17. The first-order chi connectivity index (χ1) is 8.90. The molecule has 0 atom stereocenters. The van der Waals surface area contributed by atoms with Crippen LogP contribution in [-0.4, -0.2) is 8.42 Å². The van der Waals surface area contributed by atoms with Crippen molar-refractivity contribution in [3.05, 3.63) is 45.2 Å². The molecule has 2 rings (SSSR count). The molecule has 0 spiro atoms. The zero-order valence-electron chi connectivity index (χ0n) is 10.2. The van der Waals surface area contributed by atoms with Crippen LogP contribution in [-0.2, 0) is 16.6 Å². The van der Waals surface area contributed by atoms with Crippen molar-refractivity contribution in [3.8, 4) is 0 Å². The maximum Gasteiger partial charge on any atom is 0.271 e. The number of rotatable bonds is 4. The van der Waals surface area contributed by atoms with E-state index >= 15 is 0 Å². The molecule has 19 heavy (non-hydrogen) atoms. The van der Waals surface area contributed by atoms with Crippen LogP contribution < -0.4 is 10.5 Å². The molecule has 102 valence electrons. The third kappa shape index (κ3) is 3.56. The average Bonchev–Trinajstić information content (AvgIpc) is 2.75. The number of benzene rings is 1. The Kier molecular flexibility index (Phi) is 4.29. The van der Waals surface area contributed by atoms with Gasteiger partial charge in [0.25, 0.3) is 10.0 Å². The average molecular weight is 361 g/mol. The Labute approximate surface area is 124 Å². The van der Waals surface area contributed by atoms with E-state index in [2.05, 4.69) is 20.7 Å². The Bertz CT molecular complexity index is 675. The van der Waals surface area contributed by atoms with Gasteiger partial charge < -0.3 is 5.73 Å². The number of sulfonamides is 1. The van der Waals surface area contributed by atoms with Gasteiger partial charge in [-0.2, -0.15) is 0 Å². The van der Waals surface area contributed by atoms with Crippen LogP contribution in [0.4, 0.5) is 5.69 Å². The molecule has 1 aromatic carbocycles. The summed E-state index contributed by atoms with van der Waals surface area (Å²) in [6.45, 7) is 2.25. The summed E-state index contributed by atoms with van der Waals surface area (Å²) < 4.78 is 28.1. The number of hydrogen-bond acceptors (Lipinski definition) is 4. The number of aryl methyl sites for hydroxylation is 1. The van der Waals surface area contributed by atoms with Gasteiger partial charge in [0, 0.05) is 15.9 Å². The summed E-state index contributed by atoms with van der Waals surface area (Å²) in [7, 11) is -3.54. The molecular formula is C12H13BrN2O2S2. The van der Waals surface area contributed by atoms with E-state index in [9.17, 15) is 8.42 Å². The fourth-order valence-electron chi connectivity index (χ4n) is 1.61. The molecule has 7 heteroatoms. The van der Waals surface area contributed by atoms with Crippen molar-refractivity contribution in [1.29, 1.82) is 0 Å². The van der Waals surface area contributed by atoms with Gasteiger partial charge in [0.05, 0.1) is 5.69 Å². The van der Waals surface area contributed by atoms with Crippen LogP contribution in [0.5, 0.6) is 0 Å². The van der Waals surface area contributed by atoms with Gasteiger partial charge >= 0.3 is 0 Å².